The fourth-order valence-corrected chi connectivity index (χ4v) is 4.25. The average molecular weight is 519 g/mol. The lowest BCUT2D eigenvalue weighted by molar-refractivity contribution is 0.419. The predicted octanol–water partition coefficient (Wildman–Crippen LogP) is 3.87. The summed E-state index contributed by atoms with van der Waals surface area (Å²) >= 11 is 0. The Balaban J connectivity index is 0.000000158. The van der Waals surface area contributed by atoms with E-state index in [1.807, 2.05) is 85.8 Å². The minimum absolute atomic E-state index is 0.229. The van der Waals surface area contributed by atoms with Crippen LogP contribution in [0.25, 0.3) is 44.6 Å². The first-order valence-electron chi connectivity index (χ1n) is 12.1. The van der Waals surface area contributed by atoms with E-state index in [1.54, 1.807) is 25.3 Å². The molecule has 4 aromatic carbocycles. The van der Waals surface area contributed by atoms with Gasteiger partial charge in [-0.2, -0.15) is 0 Å². The molecule has 39 heavy (non-hydrogen) atoms. The van der Waals surface area contributed by atoms with Gasteiger partial charge in [0.25, 0.3) is 11.1 Å². The fraction of sp³-hybridized carbons (Fsp3) is 0.0667. The van der Waals surface area contributed by atoms with Gasteiger partial charge in [0.1, 0.15) is 11.3 Å². The quantitative estimate of drug-likeness (QED) is 0.340. The summed E-state index contributed by atoms with van der Waals surface area (Å²) in [7, 11) is 1.55. The zero-order valence-electron chi connectivity index (χ0n) is 21.4. The van der Waals surface area contributed by atoms with Crippen LogP contribution in [0.2, 0.25) is 0 Å². The molecule has 0 amide bonds. The topological polar surface area (TPSA) is 131 Å². The third kappa shape index (κ3) is 4.80. The molecule has 6 aromatic rings. The molecule has 0 aliphatic carbocycles. The number of methoxy groups -OCH3 is 1. The summed E-state index contributed by atoms with van der Waals surface area (Å²) in [6.07, 6.45) is 0. The highest BCUT2D eigenvalue weighted by Crippen LogP contribution is 2.24. The molecule has 0 bridgehead atoms. The van der Waals surface area contributed by atoms with E-state index < -0.39 is 0 Å². The van der Waals surface area contributed by atoms with Crippen molar-refractivity contribution in [1.82, 2.24) is 19.3 Å². The zero-order chi connectivity index (χ0) is 27.5. The van der Waals surface area contributed by atoms with E-state index in [0.29, 0.717) is 39.2 Å². The molecule has 2 heterocycles. The summed E-state index contributed by atoms with van der Waals surface area (Å²) in [5.41, 5.74) is 3.26. The summed E-state index contributed by atoms with van der Waals surface area (Å²) in [4.78, 5) is 33.6. The largest absolute Gasteiger partial charge is 0.494 e. The molecule has 0 saturated heterocycles. The molecule has 194 valence electrons. The summed E-state index contributed by atoms with van der Waals surface area (Å²) in [5.74, 6) is 13.2. The normalized spacial score (nSPS) is 10.7. The third-order valence-corrected chi connectivity index (χ3v) is 6.23. The summed E-state index contributed by atoms with van der Waals surface area (Å²) in [5, 5.41) is 0.980. The van der Waals surface area contributed by atoms with Gasteiger partial charge in [-0.1, -0.05) is 78.4 Å². The highest BCUT2D eigenvalue weighted by Gasteiger charge is 2.13. The molecular weight excluding hydrogens is 492 g/mol. The van der Waals surface area contributed by atoms with Crippen LogP contribution in [0.15, 0.2) is 107 Å². The minimum Gasteiger partial charge on any atom is -0.494 e. The van der Waals surface area contributed by atoms with Gasteiger partial charge < -0.3 is 16.4 Å². The number of benzene rings is 4. The van der Waals surface area contributed by atoms with E-state index in [4.69, 9.17) is 16.4 Å². The molecule has 6 rings (SSSR count). The molecule has 4 N–H and O–H groups in total. The van der Waals surface area contributed by atoms with Crippen LogP contribution in [-0.2, 0) is 0 Å². The maximum Gasteiger partial charge on any atom is 0.280 e. The smallest absolute Gasteiger partial charge is 0.280 e. The molecular formula is C30H26N6O3. The third-order valence-electron chi connectivity index (χ3n) is 6.23. The van der Waals surface area contributed by atoms with Crippen LogP contribution in [0.3, 0.4) is 0 Å². The zero-order valence-corrected chi connectivity index (χ0v) is 21.4. The first-order chi connectivity index (χ1) is 18.9. The maximum atomic E-state index is 12.3. The van der Waals surface area contributed by atoms with Crippen LogP contribution in [0.4, 0.5) is 0 Å². The standard InChI is InChI=1S/C15H13N3O2.C15H13N3O/c1-20-12-9-5-8-11-13(12)17-14(18(16)15(11)19)10-6-3-2-4-7-10;1-10-7-8-13-12(9-10)15(19)18(16)14(17-13)11-5-3-2-4-6-11/h2-9H,16H2,1H3;2-9H,16H2,1H3. The van der Waals surface area contributed by atoms with Gasteiger partial charge in [-0.15, -0.1) is 0 Å². The van der Waals surface area contributed by atoms with Crippen LogP contribution in [-0.4, -0.2) is 26.4 Å². The van der Waals surface area contributed by atoms with Gasteiger partial charge in [0, 0.05) is 11.1 Å². The molecule has 2 aromatic heterocycles. The van der Waals surface area contributed by atoms with Crippen molar-refractivity contribution >= 4 is 21.8 Å². The van der Waals surface area contributed by atoms with Crippen molar-refractivity contribution in [2.24, 2.45) is 0 Å². The van der Waals surface area contributed by atoms with Crippen molar-refractivity contribution in [2.45, 2.75) is 6.92 Å². The first kappa shape index (κ1) is 25.2. The number of hydrogen-bond acceptors (Lipinski definition) is 7. The van der Waals surface area contributed by atoms with Crippen LogP contribution in [0.5, 0.6) is 5.75 Å². The number of nitrogens with zero attached hydrogens (tertiary/aromatic N) is 4. The molecule has 0 radical (unpaired) electrons. The van der Waals surface area contributed by atoms with Gasteiger partial charge in [0.2, 0.25) is 0 Å². The Kier molecular flexibility index (Phi) is 6.79. The van der Waals surface area contributed by atoms with Gasteiger partial charge in [-0.3, -0.25) is 9.59 Å². The SMILES string of the molecule is COc1cccc2c(=O)n(N)c(-c3ccccc3)nc12.Cc1ccc2nc(-c3ccccc3)n(N)c(=O)c2c1. The Morgan fingerprint density at radius 3 is 1.82 bits per heavy atom. The number of fused-ring (bicyclic) bond motifs is 2. The van der Waals surface area contributed by atoms with Gasteiger partial charge in [0.05, 0.1) is 23.4 Å². The molecule has 9 nitrogen and oxygen atoms in total. The lowest BCUT2D eigenvalue weighted by atomic mass is 10.1. The van der Waals surface area contributed by atoms with Crippen molar-refractivity contribution in [1.29, 1.82) is 0 Å². The lowest BCUT2D eigenvalue weighted by Gasteiger charge is -2.10. The number of nitrogens with two attached hydrogens (primary N) is 2. The van der Waals surface area contributed by atoms with Gasteiger partial charge >= 0.3 is 0 Å². The molecule has 0 aliphatic rings. The Labute approximate surface area is 223 Å². The highest BCUT2D eigenvalue weighted by molar-refractivity contribution is 5.85. The minimum atomic E-state index is -0.298. The molecule has 9 heteroatoms. The Morgan fingerprint density at radius 1 is 0.667 bits per heavy atom. The van der Waals surface area contributed by atoms with Crippen LogP contribution >= 0.6 is 0 Å². The molecule has 0 spiro atoms. The average Bonchev–Trinajstić information content (AvgIpc) is 2.98. The van der Waals surface area contributed by atoms with E-state index in [-0.39, 0.29) is 11.1 Å². The van der Waals surface area contributed by atoms with Crippen LogP contribution in [0.1, 0.15) is 5.56 Å². The number of hydrogen-bond donors (Lipinski definition) is 2. The molecule has 0 saturated carbocycles. The second-order valence-electron chi connectivity index (χ2n) is 8.83. The predicted molar refractivity (Wildman–Crippen MR) is 154 cm³/mol. The van der Waals surface area contributed by atoms with Crippen molar-refractivity contribution in [3.8, 4) is 28.5 Å². The fourth-order valence-electron chi connectivity index (χ4n) is 4.25. The molecule has 0 aliphatic heterocycles. The van der Waals surface area contributed by atoms with Crippen molar-refractivity contribution < 1.29 is 4.74 Å². The van der Waals surface area contributed by atoms with Gasteiger partial charge in [0.15, 0.2) is 11.6 Å². The number of para-hydroxylation sites is 1. The van der Waals surface area contributed by atoms with Crippen molar-refractivity contribution in [3.63, 3.8) is 0 Å². The van der Waals surface area contributed by atoms with E-state index in [0.717, 1.165) is 26.0 Å². The highest BCUT2D eigenvalue weighted by atomic mass is 16.5. The number of aromatic nitrogens is 4. The number of rotatable bonds is 3. The molecule has 0 unspecified atom stereocenters. The van der Waals surface area contributed by atoms with Gasteiger partial charge in [-0.05, 0) is 31.2 Å². The van der Waals surface area contributed by atoms with Crippen LogP contribution < -0.4 is 27.5 Å². The number of nitrogen functional groups attached to an aromatic ring is 2. The van der Waals surface area contributed by atoms with E-state index >= 15 is 0 Å². The maximum absolute atomic E-state index is 12.3. The summed E-state index contributed by atoms with van der Waals surface area (Å²) in [6.45, 7) is 1.94. The summed E-state index contributed by atoms with van der Waals surface area (Å²) in [6, 6.07) is 29.6. The summed E-state index contributed by atoms with van der Waals surface area (Å²) < 4.78 is 7.44. The Hall–Kier alpha value is -5.44. The van der Waals surface area contributed by atoms with Crippen molar-refractivity contribution in [2.75, 3.05) is 18.8 Å². The monoisotopic (exact) mass is 518 g/mol. The van der Waals surface area contributed by atoms with E-state index in [9.17, 15) is 9.59 Å². The number of ether oxygens (including phenoxy) is 1. The van der Waals surface area contributed by atoms with E-state index in [1.165, 1.54) is 0 Å². The van der Waals surface area contributed by atoms with Gasteiger partial charge in [-0.25, -0.2) is 19.3 Å². The van der Waals surface area contributed by atoms with Crippen molar-refractivity contribution in [3.05, 3.63) is 123 Å². The second kappa shape index (κ2) is 10.5. The van der Waals surface area contributed by atoms with Crippen LogP contribution in [0, 0.1) is 6.92 Å². The lowest BCUT2D eigenvalue weighted by Crippen LogP contribution is -2.30. The Morgan fingerprint density at radius 2 is 1.23 bits per heavy atom. The van der Waals surface area contributed by atoms with E-state index in [2.05, 4.69) is 9.97 Å². The molecule has 0 atom stereocenters. The number of aryl methyl sites for hydroxylation is 1. The first-order valence-corrected chi connectivity index (χ1v) is 12.1. The second-order valence-corrected chi connectivity index (χ2v) is 8.83. The molecule has 0 fully saturated rings. The Bertz CT molecular complexity index is 1920.